The molecule has 0 unspecified atom stereocenters. The number of hydrogen-bond acceptors (Lipinski definition) is 3. The Hall–Kier alpha value is -1.40. The first-order chi connectivity index (χ1) is 7.35. The van der Waals surface area contributed by atoms with Gasteiger partial charge in [-0.2, -0.15) is 5.26 Å². The first-order valence-electron chi connectivity index (χ1n) is 5.36. The minimum atomic E-state index is -0.0295. The van der Waals surface area contributed by atoms with Crippen molar-refractivity contribution in [2.75, 3.05) is 13.1 Å². The Balaban J connectivity index is 1.66. The summed E-state index contributed by atoms with van der Waals surface area (Å²) in [7, 11) is 0. The van der Waals surface area contributed by atoms with Gasteiger partial charge in [-0.15, -0.1) is 0 Å². The molecule has 3 heteroatoms. The van der Waals surface area contributed by atoms with Gasteiger partial charge >= 0.3 is 0 Å². The van der Waals surface area contributed by atoms with Crippen molar-refractivity contribution in [3.8, 4) is 6.07 Å². The average molecular weight is 201 g/mol. The molecule has 78 valence electrons. The number of hydrogen-bond donors (Lipinski definition) is 1. The lowest BCUT2D eigenvalue weighted by molar-refractivity contribution is 0.560. The molecule has 1 aromatic heterocycles. The largest absolute Gasteiger partial charge is 0.315 e. The molecule has 2 rings (SSSR count). The van der Waals surface area contributed by atoms with Gasteiger partial charge in [-0.3, -0.25) is 4.98 Å². The van der Waals surface area contributed by atoms with Crippen LogP contribution in [-0.4, -0.2) is 18.1 Å². The quantitative estimate of drug-likeness (QED) is 0.735. The molecule has 1 fully saturated rings. The van der Waals surface area contributed by atoms with E-state index in [-0.39, 0.29) is 5.41 Å². The second-order valence-electron chi connectivity index (χ2n) is 4.17. The maximum Gasteiger partial charge on any atom is 0.0703 e. The van der Waals surface area contributed by atoms with E-state index in [1.165, 1.54) is 5.56 Å². The smallest absolute Gasteiger partial charge is 0.0703 e. The van der Waals surface area contributed by atoms with Crippen LogP contribution in [0.1, 0.15) is 18.4 Å². The molecule has 0 radical (unpaired) electrons. The van der Waals surface area contributed by atoms with Crippen LogP contribution in [0.4, 0.5) is 0 Å². The van der Waals surface area contributed by atoms with E-state index in [1.54, 1.807) is 0 Å². The summed E-state index contributed by atoms with van der Waals surface area (Å²) >= 11 is 0. The number of pyridine rings is 1. The van der Waals surface area contributed by atoms with Crippen LogP contribution < -0.4 is 5.32 Å². The van der Waals surface area contributed by atoms with Gasteiger partial charge in [-0.1, -0.05) is 0 Å². The molecule has 1 aromatic rings. The highest BCUT2D eigenvalue weighted by atomic mass is 14.9. The maximum absolute atomic E-state index is 8.87. The first-order valence-corrected chi connectivity index (χ1v) is 5.36. The van der Waals surface area contributed by atoms with Crippen LogP contribution >= 0.6 is 0 Å². The Morgan fingerprint density at radius 3 is 2.73 bits per heavy atom. The van der Waals surface area contributed by atoms with Crippen molar-refractivity contribution in [2.45, 2.75) is 19.3 Å². The monoisotopic (exact) mass is 201 g/mol. The van der Waals surface area contributed by atoms with E-state index in [4.69, 9.17) is 5.26 Å². The molecule has 15 heavy (non-hydrogen) atoms. The normalized spacial score (nSPS) is 17.0. The fourth-order valence-corrected chi connectivity index (χ4v) is 1.59. The van der Waals surface area contributed by atoms with Gasteiger partial charge in [0.25, 0.3) is 0 Å². The summed E-state index contributed by atoms with van der Waals surface area (Å²) in [6, 6.07) is 6.43. The molecule has 0 bridgehead atoms. The van der Waals surface area contributed by atoms with Gasteiger partial charge < -0.3 is 5.32 Å². The Morgan fingerprint density at radius 1 is 1.40 bits per heavy atom. The lowest BCUT2D eigenvalue weighted by atomic mass is 10.1. The van der Waals surface area contributed by atoms with Crippen molar-refractivity contribution in [3.63, 3.8) is 0 Å². The van der Waals surface area contributed by atoms with Crippen LogP contribution in [0.5, 0.6) is 0 Å². The summed E-state index contributed by atoms with van der Waals surface area (Å²) < 4.78 is 0. The van der Waals surface area contributed by atoms with Gasteiger partial charge in [0.2, 0.25) is 0 Å². The molecule has 1 heterocycles. The average Bonchev–Trinajstić information content (AvgIpc) is 3.07. The second-order valence-corrected chi connectivity index (χ2v) is 4.17. The number of nitrogens with one attached hydrogen (secondary N) is 1. The van der Waals surface area contributed by atoms with Gasteiger partial charge in [-0.25, -0.2) is 0 Å². The van der Waals surface area contributed by atoms with E-state index in [2.05, 4.69) is 16.4 Å². The molecular weight excluding hydrogens is 186 g/mol. The second kappa shape index (κ2) is 4.41. The summed E-state index contributed by atoms with van der Waals surface area (Å²) in [5.41, 5.74) is 1.26. The van der Waals surface area contributed by atoms with Crippen molar-refractivity contribution < 1.29 is 0 Å². The minimum Gasteiger partial charge on any atom is -0.315 e. The summed E-state index contributed by atoms with van der Waals surface area (Å²) in [6.45, 7) is 1.78. The van der Waals surface area contributed by atoms with Gasteiger partial charge in [-0.05, 0) is 43.5 Å². The first kappa shape index (κ1) is 10.1. The predicted octanol–water partition coefficient (Wildman–Crippen LogP) is 1.52. The number of nitriles is 1. The third kappa shape index (κ3) is 2.77. The summed E-state index contributed by atoms with van der Waals surface area (Å²) in [5, 5.41) is 12.2. The molecule has 1 aliphatic rings. The molecule has 0 aliphatic heterocycles. The highest BCUT2D eigenvalue weighted by molar-refractivity contribution is 5.12. The Bertz CT molecular complexity index is 349. The van der Waals surface area contributed by atoms with E-state index >= 15 is 0 Å². The van der Waals surface area contributed by atoms with Crippen molar-refractivity contribution in [1.29, 1.82) is 5.26 Å². The van der Waals surface area contributed by atoms with Crippen LogP contribution in [0.3, 0.4) is 0 Å². The van der Waals surface area contributed by atoms with E-state index in [0.29, 0.717) is 0 Å². The number of aromatic nitrogens is 1. The van der Waals surface area contributed by atoms with E-state index in [9.17, 15) is 0 Å². The summed E-state index contributed by atoms with van der Waals surface area (Å²) in [6.07, 6.45) is 6.75. The molecule has 0 spiro atoms. The van der Waals surface area contributed by atoms with Crippen LogP contribution in [0.2, 0.25) is 0 Å². The van der Waals surface area contributed by atoms with Crippen LogP contribution in [0.25, 0.3) is 0 Å². The Kier molecular flexibility index (Phi) is 2.98. The van der Waals surface area contributed by atoms with Gasteiger partial charge in [0.05, 0.1) is 11.5 Å². The van der Waals surface area contributed by atoms with Crippen molar-refractivity contribution >= 4 is 0 Å². The topological polar surface area (TPSA) is 48.7 Å². The zero-order valence-electron chi connectivity index (χ0n) is 8.74. The molecule has 0 amide bonds. The van der Waals surface area contributed by atoms with Crippen LogP contribution in [0.15, 0.2) is 24.5 Å². The van der Waals surface area contributed by atoms with E-state index in [1.807, 2.05) is 24.5 Å². The summed E-state index contributed by atoms with van der Waals surface area (Å²) in [4.78, 5) is 3.97. The molecule has 1 aliphatic carbocycles. The molecular formula is C12H15N3. The van der Waals surface area contributed by atoms with Crippen molar-refractivity contribution in [3.05, 3.63) is 30.1 Å². The molecule has 0 atom stereocenters. The Morgan fingerprint density at radius 2 is 2.13 bits per heavy atom. The lowest BCUT2D eigenvalue weighted by Crippen LogP contribution is -2.25. The molecule has 1 N–H and O–H groups in total. The van der Waals surface area contributed by atoms with Gasteiger partial charge in [0, 0.05) is 18.9 Å². The summed E-state index contributed by atoms with van der Waals surface area (Å²) in [5.74, 6) is 0. The fourth-order valence-electron chi connectivity index (χ4n) is 1.59. The number of nitrogens with zero attached hydrogens (tertiary/aromatic N) is 2. The molecule has 0 saturated heterocycles. The zero-order chi connectivity index (χ0) is 10.6. The molecule has 0 aromatic carbocycles. The fraction of sp³-hybridized carbons (Fsp3) is 0.500. The molecule has 3 nitrogen and oxygen atoms in total. The SMILES string of the molecule is N#CC1(CNCCc2ccncc2)CC1. The van der Waals surface area contributed by atoms with Crippen LogP contribution in [0, 0.1) is 16.7 Å². The van der Waals surface area contributed by atoms with Gasteiger partial charge in [0.1, 0.15) is 0 Å². The highest BCUT2D eigenvalue weighted by Crippen LogP contribution is 2.43. The highest BCUT2D eigenvalue weighted by Gasteiger charge is 2.42. The third-order valence-corrected chi connectivity index (χ3v) is 2.89. The zero-order valence-corrected chi connectivity index (χ0v) is 8.74. The lowest BCUT2D eigenvalue weighted by Gasteiger charge is -2.07. The van der Waals surface area contributed by atoms with Gasteiger partial charge in [0.15, 0.2) is 0 Å². The van der Waals surface area contributed by atoms with E-state index < -0.39 is 0 Å². The predicted molar refractivity (Wildman–Crippen MR) is 58.1 cm³/mol. The van der Waals surface area contributed by atoms with Crippen molar-refractivity contribution in [1.82, 2.24) is 10.3 Å². The van der Waals surface area contributed by atoms with E-state index in [0.717, 1.165) is 32.4 Å². The van der Waals surface area contributed by atoms with Crippen LogP contribution in [-0.2, 0) is 6.42 Å². The standard InChI is InChI=1S/C12H15N3/c13-9-12(4-5-12)10-15-8-3-11-1-6-14-7-2-11/h1-2,6-7,15H,3-5,8,10H2. The Labute approximate surface area is 90.1 Å². The molecule has 1 saturated carbocycles. The van der Waals surface area contributed by atoms with Crippen molar-refractivity contribution in [2.24, 2.45) is 5.41 Å². The maximum atomic E-state index is 8.87. The third-order valence-electron chi connectivity index (χ3n) is 2.89. The minimum absolute atomic E-state index is 0.0295. The number of rotatable bonds is 5.